The lowest BCUT2D eigenvalue weighted by Crippen LogP contribution is -2.85. The summed E-state index contributed by atoms with van der Waals surface area (Å²) in [6.07, 6.45) is -23.9. The molecule has 0 heterocycles. The molecule has 4 fully saturated rings. The predicted octanol–water partition coefficient (Wildman–Crippen LogP) is 11.2. The molecule has 4 rings (SSSR count). The molecule has 4 saturated carbocycles. The Morgan fingerprint density at radius 2 is 1.02 bits per heavy atom. The van der Waals surface area contributed by atoms with Crippen molar-refractivity contribution in [2.24, 2.45) is 34.0 Å². The molecule has 4 aliphatic rings. The first-order chi connectivity index (χ1) is 22.5. The Morgan fingerprint density at radius 3 is 1.33 bits per heavy atom. The van der Waals surface area contributed by atoms with E-state index in [4.69, 9.17) is 0 Å². The number of hydrogen-bond acceptors (Lipinski definition) is 3. The molecular formula is C30H35F18NO2. The molecule has 5 unspecified atom stereocenters. The Hall–Kier alpha value is -1.85. The van der Waals surface area contributed by atoms with Crippen LogP contribution in [-0.4, -0.2) is 66.9 Å². The molecular weight excluding hydrogens is 748 g/mol. The van der Waals surface area contributed by atoms with Crippen LogP contribution >= 0.6 is 0 Å². The number of halogens is 18. The van der Waals surface area contributed by atoms with Crippen molar-refractivity contribution in [1.82, 2.24) is 0 Å². The summed E-state index contributed by atoms with van der Waals surface area (Å²) in [5, 5.41) is 9.48. The average Bonchev–Trinajstić information content (AvgIpc) is 2.96. The molecule has 4 aliphatic carbocycles. The summed E-state index contributed by atoms with van der Waals surface area (Å²) in [6, 6.07) is 1.85. The Labute approximate surface area is 280 Å². The number of ether oxygens (including phenoxy) is 2. The van der Waals surface area contributed by atoms with Gasteiger partial charge in [-0.25, -0.2) is 0 Å². The highest BCUT2D eigenvalue weighted by atomic mass is 19.4. The fraction of sp³-hybridized carbons (Fsp3) is 0.967. The quantitative estimate of drug-likeness (QED) is 0.130. The summed E-state index contributed by atoms with van der Waals surface area (Å²) in [5.41, 5.74) is -13.8. The maximum absolute atomic E-state index is 16.7. The first kappa shape index (κ1) is 43.6. The van der Waals surface area contributed by atoms with E-state index in [1.165, 1.54) is 20.8 Å². The van der Waals surface area contributed by atoms with Crippen LogP contribution in [0.2, 0.25) is 0 Å². The lowest BCUT2D eigenvalue weighted by Gasteiger charge is -2.72. The SMILES string of the molecule is CCC(C)(CC(C)C#N)C12CC3CC(C1)CC(C(OC(C)OC)(C(F)(F)C(F)(F)C(F)(F)C(F)(F)F)C(F)(F)C(F)(F)C(F)(F)C(F)(F)F)(C3)C2. The van der Waals surface area contributed by atoms with Gasteiger partial charge in [0.05, 0.1) is 6.07 Å². The lowest BCUT2D eigenvalue weighted by atomic mass is 9.34. The second-order valence-corrected chi connectivity index (χ2v) is 14.7. The van der Waals surface area contributed by atoms with Gasteiger partial charge in [-0.2, -0.15) is 84.3 Å². The number of rotatable bonds is 14. The van der Waals surface area contributed by atoms with E-state index in [2.05, 4.69) is 9.47 Å². The minimum atomic E-state index is -8.28. The molecule has 0 aromatic carbocycles. The van der Waals surface area contributed by atoms with Crippen molar-refractivity contribution in [3.8, 4) is 6.07 Å². The van der Waals surface area contributed by atoms with Crippen LogP contribution < -0.4 is 0 Å². The highest BCUT2D eigenvalue weighted by molar-refractivity contribution is 5.30. The van der Waals surface area contributed by atoms with Crippen LogP contribution in [0.15, 0.2) is 0 Å². The fourth-order valence-electron chi connectivity index (χ4n) is 9.46. The summed E-state index contributed by atoms with van der Waals surface area (Å²) >= 11 is 0. The van der Waals surface area contributed by atoms with Gasteiger partial charge in [-0.3, -0.25) is 0 Å². The molecule has 5 atom stereocenters. The molecule has 0 aromatic heterocycles. The minimum absolute atomic E-state index is 0.0890. The van der Waals surface area contributed by atoms with Gasteiger partial charge < -0.3 is 9.47 Å². The van der Waals surface area contributed by atoms with Crippen LogP contribution in [0, 0.1) is 45.3 Å². The van der Waals surface area contributed by atoms with E-state index in [-0.39, 0.29) is 39.0 Å². The average molecular weight is 784 g/mol. The molecule has 3 nitrogen and oxygen atoms in total. The summed E-state index contributed by atoms with van der Waals surface area (Å²) in [4.78, 5) is 0. The third-order valence-corrected chi connectivity index (χ3v) is 11.7. The summed E-state index contributed by atoms with van der Waals surface area (Å²) < 4.78 is 276. The van der Waals surface area contributed by atoms with E-state index in [0.29, 0.717) is 7.11 Å². The number of nitriles is 1. The van der Waals surface area contributed by atoms with Crippen molar-refractivity contribution in [3.63, 3.8) is 0 Å². The first-order valence-electron chi connectivity index (χ1n) is 15.5. The Morgan fingerprint density at radius 1 is 0.647 bits per heavy atom. The molecule has 0 radical (unpaired) electrons. The van der Waals surface area contributed by atoms with E-state index in [1.54, 1.807) is 0 Å². The van der Waals surface area contributed by atoms with Crippen LogP contribution in [0.1, 0.15) is 79.1 Å². The Bertz CT molecular complexity index is 1270. The van der Waals surface area contributed by atoms with Crippen molar-refractivity contribution >= 4 is 0 Å². The van der Waals surface area contributed by atoms with E-state index in [1.807, 2.05) is 6.07 Å². The molecule has 0 spiro atoms. The third-order valence-electron chi connectivity index (χ3n) is 11.7. The zero-order chi connectivity index (χ0) is 40.1. The minimum Gasteiger partial charge on any atom is -0.356 e. The van der Waals surface area contributed by atoms with Crippen LogP contribution in [0.3, 0.4) is 0 Å². The van der Waals surface area contributed by atoms with Crippen LogP contribution in [0.25, 0.3) is 0 Å². The van der Waals surface area contributed by atoms with Crippen molar-refractivity contribution in [3.05, 3.63) is 0 Å². The van der Waals surface area contributed by atoms with Gasteiger partial charge in [-0.15, -0.1) is 0 Å². The largest absolute Gasteiger partial charge is 0.460 e. The molecule has 298 valence electrons. The lowest BCUT2D eigenvalue weighted by molar-refractivity contribution is -0.502. The van der Waals surface area contributed by atoms with E-state index in [9.17, 15) is 49.2 Å². The van der Waals surface area contributed by atoms with Gasteiger partial charge in [0.15, 0.2) is 6.29 Å². The van der Waals surface area contributed by atoms with Gasteiger partial charge in [0, 0.05) is 18.4 Å². The molecule has 0 saturated heterocycles. The maximum Gasteiger partial charge on any atom is 0.460 e. The van der Waals surface area contributed by atoms with E-state index in [0.717, 1.165) is 0 Å². The molecule has 0 N–H and O–H groups in total. The monoisotopic (exact) mass is 783 g/mol. The Kier molecular flexibility index (Phi) is 10.5. The molecule has 0 amide bonds. The fourth-order valence-corrected chi connectivity index (χ4v) is 9.46. The van der Waals surface area contributed by atoms with Gasteiger partial charge in [-0.05, 0) is 81.5 Å². The Balaban J connectivity index is 2.65. The second kappa shape index (κ2) is 12.3. The second-order valence-electron chi connectivity index (χ2n) is 14.7. The van der Waals surface area contributed by atoms with E-state index >= 15 is 35.1 Å². The number of nitrogens with zero attached hydrogens (tertiary/aromatic N) is 1. The molecule has 0 aromatic rings. The van der Waals surface area contributed by atoms with Gasteiger partial charge in [0.25, 0.3) is 0 Å². The normalized spacial score (nSPS) is 29.5. The topological polar surface area (TPSA) is 42.2 Å². The summed E-state index contributed by atoms with van der Waals surface area (Å²) in [7, 11) is 0.329. The predicted molar refractivity (Wildman–Crippen MR) is 139 cm³/mol. The first-order valence-corrected chi connectivity index (χ1v) is 15.5. The standard InChI is InChI=1S/C30H35F18NO2/c1-6-19(4,8-15(2)13-49)20-9-17-7-18(10-20)12-21(11-17,14-20)22(51-16(3)50-5,23(31,32)25(35,36)27(39,40)29(43,44)45)24(33,34)26(37,38)28(41,42)30(46,47)48/h15-18H,6-12,14H2,1-5H3. The zero-order valence-corrected chi connectivity index (χ0v) is 27.5. The summed E-state index contributed by atoms with van der Waals surface area (Å²) in [6.45, 7) is 4.35. The summed E-state index contributed by atoms with van der Waals surface area (Å²) in [5.74, 6) is -52.4. The highest BCUT2D eigenvalue weighted by Crippen LogP contribution is 2.80. The van der Waals surface area contributed by atoms with Crippen molar-refractivity contribution < 1.29 is 88.5 Å². The van der Waals surface area contributed by atoms with Gasteiger partial charge >= 0.3 is 47.9 Å². The number of alkyl halides is 18. The molecule has 21 heteroatoms. The number of hydrogen-bond donors (Lipinski definition) is 0. The molecule has 0 aliphatic heterocycles. The molecule has 51 heavy (non-hydrogen) atoms. The van der Waals surface area contributed by atoms with E-state index < -0.39 is 113 Å². The van der Waals surface area contributed by atoms with Crippen molar-refractivity contribution in [1.29, 1.82) is 5.26 Å². The smallest absolute Gasteiger partial charge is 0.356 e. The zero-order valence-electron chi connectivity index (χ0n) is 27.5. The third kappa shape index (κ3) is 5.61. The highest BCUT2D eigenvalue weighted by Gasteiger charge is 2.99. The van der Waals surface area contributed by atoms with Gasteiger partial charge in [0.2, 0.25) is 5.60 Å². The van der Waals surface area contributed by atoms with Crippen LogP contribution in [0.4, 0.5) is 79.0 Å². The molecule has 4 bridgehead atoms. The van der Waals surface area contributed by atoms with Gasteiger partial charge in [0.1, 0.15) is 0 Å². The maximum atomic E-state index is 16.7. The van der Waals surface area contributed by atoms with Crippen LogP contribution in [-0.2, 0) is 9.47 Å². The van der Waals surface area contributed by atoms with Gasteiger partial charge in [-0.1, -0.05) is 20.3 Å². The van der Waals surface area contributed by atoms with Crippen LogP contribution in [0.5, 0.6) is 0 Å². The van der Waals surface area contributed by atoms with Crippen molar-refractivity contribution in [2.75, 3.05) is 7.11 Å². The number of methoxy groups -OCH3 is 1. The van der Waals surface area contributed by atoms with Crippen molar-refractivity contribution in [2.45, 2.75) is 139 Å².